The number of ketones is 1. The number of benzene rings is 1. The first kappa shape index (κ1) is 16.7. The Bertz CT molecular complexity index is 590. The molecule has 0 atom stereocenters. The first-order valence-corrected chi connectivity index (χ1v) is 8.33. The zero-order chi connectivity index (χ0) is 15.8. The van der Waals surface area contributed by atoms with Gasteiger partial charge < -0.3 is 0 Å². The molecule has 22 heavy (non-hydrogen) atoms. The number of carbonyl (C=O) groups excluding carboxylic acids is 1. The van der Waals surface area contributed by atoms with Gasteiger partial charge in [0, 0.05) is 17.3 Å². The molecule has 1 aromatic heterocycles. The average Bonchev–Trinajstić information content (AvgIpc) is 2.55. The molecule has 2 nitrogen and oxygen atoms in total. The number of pyridine rings is 1. The van der Waals surface area contributed by atoms with Crippen molar-refractivity contribution in [3.63, 3.8) is 0 Å². The first-order valence-electron chi connectivity index (χ1n) is 7.96. The number of carbonyl (C=O) groups is 1. The molecule has 1 aromatic carbocycles. The van der Waals surface area contributed by atoms with Crippen LogP contribution in [0.15, 0.2) is 42.6 Å². The minimum absolute atomic E-state index is 0.0151. The van der Waals surface area contributed by atoms with Crippen LogP contribution in [0.1, 0.15) is 60.5 Å². The van der Waals surface area contributed by atoms with E-state index in [9.17, 15) is 4.79 Å². The van der Waals surface area contributed by atoms with Crippen LogP contribution in [-0.2, 0) is 6.42 Å². The number of rotatable bonds is 8. The fraction of sp³-hybridized carbons (Fsp3) is 0.368. The number of aryl methyl sites for hydroxylation is 1. The molecule has 116 valence electrons. The maximum absolute atomic E-state index is 12.3. The topological polar surface area (TPSA) is 30.0 Å². The van der Waals surface area contributed by atoms with Crippen LogP contribution in [0.3, 0.4) is 0 Å². The molecule has 2 rings (SSSR count). The summed E-state index contributed by atoms with van der Waals surface area (Å²) in [5.74, 6) is -0.0151. The molecule has 0 saturated carbocycles. The predicted octanol–water partition coefficient (Wildman–Crippen LogP) is 5.48. The lowest BCUT2D eigenvalue weighted by Gasteiger charge is -2.04. The molecule has 0 aliphatic rings. The zero-order valence-electron chi connectivity index (χ0n) is 13.0. The van der Waals surface area contributed by atoms with E-state index < -0.39 is 0 Å². The number of aromatic nitrogens is 1. The maximum Gasteiger partial charge on any atom is 0.194 e. The van der Waals surface area contributed by atoms with Gasteiger partial charge in [0.05, 0.1) is 0 Å². The summed E-state index contributed by atoms with van der Waals surface area (Å²) in [5, 5.41) is 0.398. The van der Waals surface area contributed by atoms with Gasteiger partial charge in [0.25, 0.3) is 0 Å². The monoisotopic (exact) mass is 315 g/mol. The third-order valence-corrected chi connectivity index (χ3v) is 4.00. The van der Waals surface area contributed by atoms with Crippen molar-refractivity contribution in [1.82, 2.24) is 4.98 Å². The minimum Gasteiger partial charge on any atom is -0.289 e. The highest BCUT2D eigenvalue weighted by molar-refractivity contribution is 6.29. The second-order valence-electron chi connectivity index (χ2n) is 5.56. The van der Waals surface area contributed by atoms with Crippen LogP contribution in [0.25, 0.3) is 0 Å². The van der Waals surface area contributed by atoms with Gasteiger partial charge in [-0.2, -0.15) is 0 Å². The minimum atomic E-state index is -0.0151. The molecule has 0 aliphatic carbocycles. The van der Waals surface area contributed by atoms with E-state index in [2.05, 4.69) is 24.0 Å². The molecule has 0 unspecified atom stereocenters. The highest BCUT2D eigenvalue weighted by atomic mass is 35.5. The molecular weight excluding hydrogens is 294 g/mol. The van der Waals surface area contributed by atoms with Crippen molar-refractivity contribution >= 4 is 17.4 Å². The standard InChI is InChI=1S/C19H22ClNO/c1-2-3-4-5-6-7-15-8-10-16(11-9-15)19(22)17-12-13-18(20)21-14-17/h8-14H,2-7H2,1H3. The van der Waals surface area contributed by atoms with Gasteiger partial charge in [-0.15, -0.1) is 0 Å². The van der Waals surface area contributed by atoms with E-state index in [1.165, 1.54) is 43.9 Å². The molecular formula is C19H22ClNO. The molecule has 0 saturated heterocycles. The Morgan fingerprint density at radius 3 is 2.27 bits per heavy atom. The summed E-state index contributed by atoms with van der Waals surface area (Å²) in [7, 11) is 0. The largest absolute Gasteiger partial charge is 0.289 e. The fourth-order valence-electron chi connectivity index (χ4n) is 2.43. The van der Waals surface area contributed by atoms with Crippen LogP contribution < -0.4 is 0 Å². The molecule has 0 aliphatic heterocycles. The van der Waals surface area contributed by atoms with Crippen molar-refractivity contribution in [2.24, 2.45) is 0 Å². The van der Waals surface area contributed by atoms with Crippen LogP contribution in [-0.4, -0.2) is 10.8 Å². The first-order chi connectivity index (χ1) is 10.7. The van der Waals surface area contributed by atoms with Gasteiger partial charge in [0.15, 0.2) is 5.78 Å². The van der Waals surface area contributed by atoms with Gasteiger partial charge in [-0.1, -0.05) is 68.5 Å². The Balaban J connectivity index is 1.91. The Morgan fingerprint density at radius 1 is 0.955 bits per heavy atom. The highest BCUT2D eigenvalue weighted by Crippen LogP contribution is 2.14. The van der Waals surface area contributed by atoms with Crippen LogP contribution in [0.2, 0.25) is 5.15 Å². The summed E-state index contributed by atoms with van der Waals surface area (Å²) in [6.07, 6.45) is 9.02. The van der Waals surface area contributed by atoms with E-state index in [-0.39, 0.29) is 5.78 Å². The normalized spacial score (nSPS) is 10.6. The second-order valence-corrected chi connectivity index (χ2v) is 5.95. The SMILES string of the molecule is CCCCCCCc1ccc(C(=O)c2ccc(Cl)nc2)cc1. The molecule has 2 aromatic rings. The number of hydrogen-bond donors (Lipinski definition) is 0. The van der Waals surface area contributed by atoms with Crippen molar-refractivity contribution in [1.29, 1.82) is 0 Å². The van der Waals surface area contributed by atoms with Crippen LogP contribution in [0.5, 0.6) is 0 Å². The molecule has 0 bridgehead atoms. The molecule has 0 radical (unpaired) electrons. The molecule has 0 fully saturated rings. The average molecular weight is 316 g/mol. The van der Waals surface area contributed by atoms with Crippen molar-refractivity contribution in [3.8, 4) is 0 Å². The van der Waals surface area contributed by atoms with Crippen molar-refractivity contribution in [2.45, 2.75) is 45.4 Å². The predicted molar refractivity (Wildman–Crippen MR) is 91.6 cm³/mol. The molecule has 0 amide bonds. The van der Waals surface area contributed by atoms with E-state index in [0.717, 1.165) is 6.42 Å². The van der Waals surface area contributed by atoms with E-state index in [4.69, 9.17) is 11.6 Å². The lowest BCUT2D eigenvalue weighted by Crippen LogP contribution is -2.02. The Labute approximate surface area is 137 Å². The lowest BCUT2D eigenvalue weighted by atomic mass is 10.0. The summed E-state index contributed by atoms with van der Waals surface area (Å²) < 4.78 is 0. The van der Waals surface area contributed by atoms with Crippen molar-refractivity contribution in [3.05, 3.63) is 64.4 Å². The lowest BCUT2D eigenvalue weighted by molar-refractivity contribution is 0.103. The third kappa shape index (κ3) is 4.96. The molecule has 1 heterocycles. The summed E-state index contributed by atoms with van der Waals surface area (Å²) in [6, 6.07) is 11.3. The van der Waals surface area contributed by atoms with Gasteiger partial charge >= 0.3 is 0 Å². The number of unbranched alkanes of at least 4 members (excludes halogenated alkanes) is 4. The van der Waals surface area contributed by atoms with Crippen LogP contribution in [0, 0.1) is 0 Å². The Hall–Kier alpha value is -1.67. The number of hydrogen-bond acceptors (Lipinski definition) is 2. The second kappa shape index (κ2) is 8.70. The number of halogens is 1. The van der Waals surface area contributed by atoms with Gasteiger partial charge in [0.2, 0.25) is 0 Å². The maximum atomic E-state index is 12.3. The van der Waals surface area contributed by atoms with Gasteiger partial charge in [-0.3, -0.25) is 4.79 Å². The summed E-state index contributed by atoms with van der Waals surface area (Å²) in [6.45, 7) is 2.23. The highest BCUT2D eigenvalue weighted by Gasteiger charge is 2.09. The zero-order valence-corrected chi connectivity index (χ0v) is 13.8. The van der Waals surface area contributed by atoms with Gasteiger partial charge in [-0.25, -0.2) is 4.98 Å². The Kier molecular flexibility index (Phi) is 6.60. The third-order valence-electron chi connectivity index (χ3n) is 3.77. The molecule has 0 spiro atoms. The van der Waals surface area contributed by atoms with Gasteiger partial charge in [-0.05, 0) is 30.5 Å². The summed E-state index contributed by atoms with van der Waals surface area (Å²) in [4.78, 5) is 16.3. The van der Waals surface area contributed by atoms with E-state index in [1.807, 2.05) is 12.1 Å². The Morgan fingerprint density at radius 2 is 1.64 bits per heavy atom. The van der Waals surface area contributed by atoms with E-state index >= 15 is 0 Å². The number of nitrogens with zero attached hydrogens (tertiary/aromatic N) is 1. The van der Waals surface area contributed by atoms with Crippen LogP contribution in [0.4, 0.5) is 0 Å². The van der Waals surface area contributed by atoms with Crippen molar-refractivity contribution < 1.29 is 4.79 Å². The molecule has 3 heteroatoms. The van der Waals surface area contributed by atoms with E-state index in [0.29, 0.717) is 16.3 Å². The summed E-state index contributed by atoms with van der Waals surface area (Å²) >= 11 is 5.74. The fourth-order valence-corrected chi connectivity index (χ4v) is 2.54. The van der Waals surface area contributed by atoms with Gasteiger partial charge in [0.1, 0.15) is 5.15 Å². The van der Waals surface area contributed by atoms with Crippen molar-refractivity contribution in [2.75, 3.05) is 0 Å². The van der Waals surface area contributed by atoms with Crippen LogP contribution >= 0.6 is 11.6 Å². The smallest absolute Gasteiger partial charge is 0.194 e. The molecule has 0 N–H and O–H groups in total. The summed E-state index contributed by atoms with van der Waals surface area (Å²) in [5.41, 5.74) is 2.55. The quantitative estimate of drug-likeness (QED) is 0.367. The van der Waals surface area contributed by atoms with E-state index in [1.54, 1.807) is 12.1 Å².